The fraction of sp³-hybridized carbons (Fsp3) is 0.562. The zero-order chi connectivity index (χ0) is 15.4. The molecule has 2 unspecified atom stereocenters. The molecule has 0 radical (unpaired) electrons. The molecule has 5 heteroatoms. The predicted octanol–water partition coefficient (Wildman–Crippen LogP) is 2.02. The van der Waals surface area contributed by atoms with Crippen molar-refractivity contribution in [2.75, 3.05) is 13.2 Å². The van der Waals surface area contributed by atoms with Crippen LogP contribution in [0.3, 0.4) is 0 Å². The van der Waals surface area contributed by atoms with E-state index >= 15 is 0 Å². The highest BCUT2D eigenvalue weighted by atomic mass is 16.5. The summed E-state index contributed by atoms with van der Waals surface area (Å²) in [6, 6.07) is 6.08. The Bertz CT molecular complexity index is 502. The summed E-state index contributed by atoms with van der Waals surface area (Å²) < 4.78 is 11.4. The molecule has 0 saturated heterocycles. The third-order valence-electron chi connectivity index (χ3n) is 3.33. The highest BCUT2D eigenvalue weighted by molar-refractivity contribution is 5.80. The van der Waals surface area contributed by atoms with Crippen LogP contribution < -0.4 is 20.1 Å². The molecule has 0 fully saturated rings. The lowest BCUT2D eigenvalue weighted by Gasteiger charge is -2.17. The van der Waals surface area contributed by atoms with E-state index in [-0.39, 0.29) is 18.0 Å². The summed E-state index contributed by atoms with van der Waals surface area (Å²) in [5.74, 6) is 1.36. The van der Waals surface area contributed by atoms with Gasteiger partial charge < -0.3 is 20.1 Å². The van der Waals surface area contributed by atoms with Gasteiger partial charge in [0, 0.05) is 17.7 Å². The van der Waals surface area contributed by atoms with E-state index in [1.807, 2.05) is 32.0 Å². The standard InChI is InChI=1S/C16H24N2O3/c1-5-17-14-9-20-15-8-12(6-7-13(14)15)21-11(4)16(19)18-10(2)3/h6-8,10-11,14,17H,5,9H2,1-4H3,(H,18,19). The molecular weight excluding hydrogens is 268 g/mol. The molecule has 0 aromatic heterocycles. The zero-order valence-corrected chi connectivity index (χ0v) is 13.1. The maximum Gasteiger partial charge on any atom is 0.260 e. The molecule has 2 rings (SSSR count). The minimum atomic E-state index is -0.531. The van der Waals surface area contributed by atoms with Gasteiger partial charge in [-0.15, -0.1) is 0 Å². The lowest BCUT2D eigenvalue weighted by Crippen LogP contribution is -2.40. The molecule has 1 heterocycles. The van der Waals surface area contributed by atoms with E-state index in [9.17, 15) is 4.79 Å². The van der Waals surface area contributed by atoms with Crippen LogP contribution in [0.25, 0.3) is 0 Å². The number of carbonyl (C=O) groups is 1. The van der Waals surface area contributed by atoms with Crippen LogP contribution in [0.4, 0.5) is 0 Å². The number of fused-ring (bicyclic) bond motifs is 1. The molecule has 21 heavy (non-hydrogen) atoms. The summed E-state index contributed by atoms with van der Waals surface area (Å²) in [4.78, 5) is 11.9. The van der Waals surface area contributed by atoms with Gasteiger partial charge in [-0.3, -0.25) is 4.79 Å². The van der Waals surface area contributed by atoms with Crippen molar-refractivity contribution in [1.82, 2.24) is 10.6 Å². The molecular formula is C16H24N2O3. The Balaban J connectivity index is 2.01. The van der Waals surface area contributed by atoms with E-state index in [0.29, 0.717) is 12.4 Å². The Morgan fingerprint density at radius 2 is 2.19 bits per heavy atom. The molecule has 1 aliphatic heterocycles. The molecule has 0 saturated carbocycles. The van der Waals surface area contributed by atoms with Gasteiger partial charge in [-0.2, -0.15) is 0 Å². The smallest absolute Gasteiger partial charge is 0.260 e. The highest BCUT2D eigenvalue weighted by Gasteiger charge is 2.24. The summed E-state index contributed by atoms with van der Waals surface area (Å²) in [6.45, 7) is 9.20. The number of hydrogen-bond donors (Lipinski definition) is 2. The Morgan fingerprint density at radius 3 is 2.86 bits per heavy atom. The quantitative estimate of drug-likeness (QED) is 0.842. The number of hydrogen-bond acceptors (Lipinski definition) is 4. The first-order chi connectivity index (χ1) is 10.0. The fourth-order valence-corrected chi connectivity index (χ4v) is 2.34. The van der Waals surface area contributed by atoms with Crippen molar-refractivity contribution in [3.8, 4) is 11.5 Å². The minimum Gasteiger partial charge on any atom is -0.491 e. The first kappa shape index (κ1) is 15.6. The maximum absolute atomic E-state index is 11.9. The van der Waals surface area contributed by atoms with Crippen LogP contribution in [-0.2, 0) is 4.79 Å². The van der Waals surface area contributed by atoms with Crippen molar-refractivity contribution in [2.45, 2.75) is 45.9 Å². The van der Waals surface area contributed by atoms with Gasteiger partial charge in [0.2, 0.25) is 0 Å². The molecule has 0 spiro atoms. The molecule has 1 amide bonds. The van der Waals surface area contributed by atoms with Crippen LogP contribution in [0.15, 0.2) is 18.2 Å². The second-order valence-corrected chi connectivity index (χ2v) is 5.54. The molecule has 2 N–H and O–H groups in total. The van der Waals surface area contributed by atoms with Gasteiger partial charge in [0.15, 0.2) is 6.10 Å². The average molecular weight is 292 g/mol. The largest absolute Gasteiger partial charge is 0.491 e. The van der Waals surface area contributed by atoms with E-state index < -0.39 is 6.10 Å². The third kappa shape index (κ3) is 3.88. The van der Waals surface area contributed by atoms with Crippen molar-refractivity contribution < 1.29 is 14.3 Å². The minimum absolute atomic E-state index is 0.104. The number of nitrogens with one attached hydrogen (secondary N) is 2. The number of ether oxygens (including phenoxy) is 2. The monoisotopic (exact) mass is 292 g/mol. The topological polar surface area (TPSA) is 59.6 Å². The van der Waals surface area contributed by atoms with Gasteiger partial charge in [-0.05, 0) is 39.4 Å². The molecule has 0 aliphatic carbocycles. The van der Waals surface area contributed by atoms with E-state index in [0.717, 1.165) is 17.9 Å². The van der Waals surface area contributed by atoms with E-state index in [1.165, 1.54) is 0 Å². The van der Waals surface area contributed by atoms with Gasteiger partial charge in [0.1, 0.15) is 18.1 Å². The van der Waals surface area contributed by atoms with E-state index in [4.69, 9.17) is 9.47 Å². The lowest BCUT2D eigenvalue weighted by molar-refractivity contribution is -0.127. The van der Waals surface area contributed by atoms with Gasteiger partial charge in [0.05, 0.1) is 6.04 Å². The Morgan fingerprint density at radius 1 is 1.43 bits per heavy atom. The number of carbonyl (C=O) groups excluding carboxylic acids is 1. The number of benzene rings is 1. The van der Waals surface area contributed by atoms with Crippen molar-refractivity contribution in [3.05, 3.63) is 23.8 Å². The van der Waals surface area contributed by atoms with Crippen molar-refractivity contribution >= 4 is 5.91 Å². The van der Waals surface area contributed by atoms with Gasteiger partial charge in [-0.1, -0.05) is 6.92 Å². The Kier molecular flexibility index (Phi) is 5.07. The Labute approximate surface area is 126 Å². The highest BCUT2D eigenvalue weighted by Crippen LogP contribution is 2.35. The predicted molar refractivity (Wildman–Crippen MR) is 81.7 cm³/mol. The number of amides is 1. The Hall–Kier alpha value is -1.75. The van der Waals surface area contributed by atoms with Gasteiger partial charge in [0.25, 0.3) is 5.91 Å². The first-order valence-electron chi connectivity index (χ1n) is 7.48. The first-order valence-corrected chi connectivity index (χ1v) is 7.48. The second-order valence-electron chi connectivity index (χ2n) is 5.54. The number of likely N-dealkylation sites (N-methyl/N-ethyl adjacent to an activating group) is 1. The van der Waals surface area contributed by atoms with Crippen molar-refractivity contribution in [1.29, 1.82) is 0 Å². The van der Waals surface area contributed by atoms with Crippen LogP contribution >= 0.6 is 0 Å². The average Bonchev–Trinajstić information content (AvgIpc) is 2.81. The van der Waals surface area contributed by atoms with Gasteiger partial charge >= 0.3 is 0 Å². The molecule has 1 aliphatic rings. The summed E-state index contributed by atoms with van der Waals surface area (Å²) >= 11 is 0. The second kappa shape index (κ2) is 6.80. The summed E-state index contributed by atoms with van der Waals surface area (Å²) in [7, 11) is 0. The molecule has 116 valence electrons. The van der Waals surface area contributed by atoms with Crippen LogP contribution in [0, 0.1) is 0 Å². The molecule has 5 nitrogen and oxygen atoms in total. The molecule has 1 aromatic carbocycles. The van der Waals surface area contributed by atoms with Gasteiger partial charge in [-0.25, -0.2) is 0 Å². The van der Waals surface area contributed by atoms with Crippen LogP contribution in [0.2, 0.25) is 0 Å². The number of rotatable bonds is 6. The lowest BCUT2D eigenvalue weighted by atomic mass is 10.1. The summed E-state index contributed by atoms with van der Waals surface area (Å²) in [5.41, 5.74) is 1.14. The van der Waals surface area contributed by atoms with Crippen LogP contribution in [-0.4, -0.2) is 31.2 Å². The molecule has 1 aromatic rings. The fourth-order valence-electron chi connectivity index (χ4n) is 2.34. The molecule has 0 bridgehead atoms. The van der Waals surface area contributed by atoms with E-state index in [1.54, 1.807) is 6.92 Å². The maximum atomic E-state index is 11.9. The van der Waals surface area contributed by atoms with E-state index in [2.05, 4.69) is 17.6 Å². The SMILES string of the molecule is CCNC1COc2cc(OC(C)C(=O)NC(C)C)ccc21. The molecule has 2 atom stereocenters. The van der Waals surface area contributed by atoms with Crippen LogP contribution in [0.5, 0.6) is 11.5 Å². The normalized spacial score (nSPS) is 18.0. The van der Waals surface area contributed by atoms with Crippen molar-refractivity contribution in [2.24, 2.45) is 0 Å². The summed E-state index contributed by atoms with van der Waals surface area (Å²) in [6.07, 6.45) is -0.531. The van der Waals surface area contributed by atoms with Crippen LogP contribution in [0.1, 0.15) is 39.3 Å². The van der Waals surface area contributed by atoms with Crippen molar-refractivity contribution in [3.63, 3.8) is 0 Å². The summed E-state index contributed by atoms with van der Waals surface area (Å²) in [5, 5.41) is 6.20. The zero-order valence-electron chi connectivity index (χ0n) is 13.1. The third-order valence-corrected chi connectivity index (χ3v) is 3.33.